The molecule has 0 aliphatic carbocycles. The Balaban J connectivity index is 1.87. The lowest BCUT2D eigenvalue weighted by atomic mass is 10.1. The third-order valence-corrected chi connectivity index (χ3v) is 4.06. The van der Waals surface area contributed by atoms with Gasteiger partial charge in [-0.15, -0.1) is 0 Å². The molecule has 1 heterocycles. The number of alkyl halides is 3. The Hall–Kier alpha value is -2.09. The molecule has 1 saturated heterocycles. The lowest BCUT2D eigenvalue weighted by Crippen LogP contribution is -2.49. The molecule has 1 unspecified atom stereocenters. The van der Waals surface area contributed by atoms with Gasteiger partial charge in [-0.25, -0.2) is 0 Å². The first kappa shape index (κ1) is 18.3. The van der Waals surface area contributed by atoms with E-state index in [1.54, 1.807) is 4.90 Å². The first-order valence-corrected chi connectivity index (χ1v) is 7.71. The van der Waals surface area contributed by atoms with Gasteiger partial charge in [0.25, 0.3) is 5.91 Å². The average Bonchev–Trinajstić information content (AvgIpc) is 2.58. The molecule has 132 valence electrons. The number of carbonyl (C=O) groups is 2. The zero-order valence-electron chi connectivity index (χ0n) is 13.3. The predicted molar refractivity (Wildman–Crippen MR) is 82.4 cm³/mol. The van der Waals surface area contributed by atoms with Crippen LogP contribution in [0.1, 0.15) is 28.8 Å². The zero-order valence-corrected chi connectivity index (χ0v) is 13.3. The fourth-order valence-electron chi connectivity index (χ4n) is 2.62. The van der Waals surface area contributed by atoms with E-state index in [0.29, 0.717) is 13.1 Å². The van der Waals surface area contributed by atoms with Crippen molar-refractivity contribution in [3.8, 4) is 0 Å². The van der Waals surface area contributed by atoms with Crippen LogP contribution in [0.4, 0.5) is 13.2 Å². The highest BCUT2D eigenvalue weighted by Crippen LogP contribution is 2.29. The van der Waals surface area contributed by atoms with E-state index in [9.17, 15) is 22.8 Å². The van der Waals surface area contributed by atoms with Crippen LogP contribution in [0, 0.1) is 0 Å². The number of nitrogens with one attached hydrogen (secondary N) is 2. The molecule has 1 aliphatic heterocycles. The zero-order chi connectivity index (χ0) is 17.7. The average molecular weight is 343 g/mol. The summed E-state index contributed by atoms with van der Waals surface area (Å²) < 4.78 is 37.5. The van der Waals surface area contributed by atoms with E-state index in [1.807, 2.05) is 7.05 Å². The summed E-state index contributed by atoms with van der Waals surface area (Å²) >= 11 is 0. The first-order chi connectivity index (χ1) is 11.3. The van der Waals surface area contributed by atoms with Crippen molar-refractivity contribution < 1.29 is 22.8 Å². The van der Waals surface area contributed by atoms with Crippen LogP contribution < -0.4 is 10.6 Å². The summed E-state index contributed by atoms with van der Waals surface area (Å²) in [5.41, 5.74) is -0.732. The van der Waals surface area contributed by atoms with Crippen molar-refractivity contribution in [2.45, 2.75) is 25.1 Å². The molecule has 24 heavy (non-hydrogen) atoms. The van der Waals surface area contributed by atoms with E-state index in [4.69, 9.17) is 0 Å². The minimum Gasteiger partial charge on any atom is -0.343 e. The normalized spacial score (nSPS) is 18.3. The Kier molecular flexibility index (Phi) is 5.82. The van der Waals surface area contributed by atoms with Gasteiger partial charge in [-0.1, -0.05) is 0 Å². The number of benzene rings is 1. The smallest absolute Gasteiger partial charge is 0.343 e. The second-order valence-corrected chi connectivity index (χ2v) is 5.73. The molecule has 2 N–H and O–H groups in total. The van der Waals surface area contributed by atoms with Crippen LogP contribution in [0.3, 0.4) is 0 Å². The number of hydrogen-bond donors (Lipinski definition) is 2. The molecule has 0 bridgehead atoms. The number of piperidine rings is 1. The van der Waals surface area contributed by atoms with E-state index in [0.717, 1.165) is 37.1 Å². The highest BCUT2D eigenvalue weighted by Gasteiger charge is 2.30. The molecule has 2 amide bonds. The summed E-state index contributed by atoms with van der Waals surface area (Å²) in [5, 5.41) is 5.58. The first-order valence-electron chi connectivity index (χ1n) is 7.71. The van der Waals surface area contributed by atoms with E-state index in [2.05, 4.69) is 10.6 Å². The third kappa shape index (κ3) is 4.70. The van der Waals surface area contributed by atoms with E-state index >= 15 is 0 Å². The van der Waals surface area contributed by atoms with Gasteiger partial charge in [-0.05, 0) is 44.2 Å². The minimum atomic E-state index is -4.44. The Morgan fingerprint density at radius 2 is 1.92 bits per heavy atom. The SMILES string of the molecule is CNC1CCCN(C(=O)CNC(=O)c2ccc(C(F)(F)F)cc2)C1. The highest BCUT2D eigenvalue weighted by molar-refractivity contribution is 5.96. The van der Waals surface area contributed by atoms with Crippen LogP contribution in [0.15, 0.2) is 24.3 Å². The lowest BCUT2D eigenvalue weighted by Gasteiger charge is -2.32. The maximum Gasteiger partial charge on any atom is 0.416 e. The van der Waals surface area contributed by atoms with Crippen LogP contribution >= 0.6 is 0 Å². The molecular formula is C16H20F3N3O2. The molecule has 5 nitrogen and oxygen atoms in total. The number of amides is 2. The molecule has 8 heteroatoms. The van der Waals surface area contributed by atoms with Crippen molar-refractivity contribution in [1.29, 1.82) is 0 Å². The molecule has 1 aromatic carbocycles. The molecule has 1 fully saturated rings. The van der Waals surface area contributed by atoms with Gasteiger partial charge in [-0.2, -0.15) is 13.2 Å². The van der Waals surface area contributed by atoms with Crippen LogP contribution in [0.2, 0.25) is 0 Å². The van der Waals surface area contributed by atoms with E-state index < -0.39 is 17.6 Å². The minimum absolute atomic E-state index is 0.0857. The van der Waals surface area contributed by atoms with Crippen molar-refractivity contribution in [1.82, 2.24) is 15.5 Å². The quantitative estimate of drug-likeness (QED) is 0.874. The fraction of sp³-hybridized carbons (Fsp3) is 0.500. The van der Waals surface area contributed by atoms with Gasteiger partial charge in [0, 0.05) is 24.7 Å². The van der Waals surface area contributed by atoms with Crippen LogP contribution in [0.25, 0.3) is 0 Å². The molecule has 0 saturated carbocycles. The number of rotatable bonds is 4. The number of hydrogen-bond acceptors (Lipinski definition) is 3. The predicted octanol–water partition coefficient (Wildman–Crippen LogP) is 1.65. The van der Waals surface area contributed by atoms with Crippen molar-refractivity contribution in [2.75, 3.05) is 26.7 Å². The molecule has 0 spiro atoms. The van der Waals surface area contributed by atoms with Crippen LogP contribution in [-0.4, -0.2) is 49.4 Å². The Labute approximate surface area is 138 Å². The summed E-state index contributed by atoms with van der Waals surface area (Å²) in [6.45, 7) is 1.06. The van der Waals surface area contributed by atoms with Gasteiger partial charge in [-0.3, -0.25) is 9.59 Å². The number of nitrogens with zero attached hydrogens (tertiary/aromatic N) is 1. The summed E-state index contributed by atoms with van der Waals surface area (Å²) in [4.78, 5) is 25.7. The Morgan fingerprint density at radius 3 is 2.50 bits per heavy atom. The van der Waals surface area contributed by atoms with Crippen molar-refractivity contribution in [3.05, 3.63) is 35.4 Å². The molecule has 0 aromatic heterocycles. The van der Waals surface area contributed by atoms with Crippen molar-refractivity contribution in [3.63, 3.8) is 0 Å². The molecular weight excluding hydrogens is 323 g/mol. The summed E-state index contributed by atoms with van der Waals surface area (Å²) in [6.07, 6.45) is -2.55. The van der Waals surface area contributed by atoms with Crippen LogP contribution in [0.5, 0.6) is 0 Å². The molecule has 1 aliphatic rings. The maximum absolute atomic E-state index is 12.5. The van der Waals surface area contributed by atoms with Crippen LogP contribution in [-0.2, 0) is 11.0 Å². The lowest BCUT2D eigenvalue weighted by molar-refractivity contribution is -0.137. The number of carbonyl (C=O) groups excluding carboxylic acids is 2. The van der Waals surface area contributed by atoms with Gasteiger partial charge < -0.3 is 15.5 Å². The second kappa shape index (κ2) is 7.65. The number of halogens is 3. The molecule has 1 aromatic rings. The Bertz CT molecular complexity index is 587. The summed E-state index contributed by atoms with van der Waals surface area (Å²) in [7, 11) is 1.84. The third-order valence-electron chi connectivity index (χ3n) is 4.06. The van der Waals surface area contributed by atoms with Gasteiger partial charge in [0.2, 0.25) is 5.91 Å². The standard InChI is InChI=1S/C16H20F3N3O2/c1-20-13-3-2-8-22(10-13)14(23)9-21-15(24)11-4-6-12(7-5-11)16(17,18)19/h4-7,13,20H,2-3,8-10H2,1H3,(H,21,24). The van der Waals surface area contributed by atoms with E-state index in [-0.39, 0.29) is 24.1 Å². The number of likely N-dealkylation sites (N-methyl/N-ethyl adjacent to an activating group) is 1. The van der Waals surface area contributed by atoms with Crippen molar-refractivity contribution in [2.24, 2.45) is 0 Å². The van der Waals surface area contributed by atoms with Crippen molar-refractivity contribution >= 4 is 11.8 Å². The van der Waals surface area contributed by atoms with Gasteiger partial charge >= 0.3 is 6.18 Å². The van der Waals surface area contributed by atoms with Gasteiger partial charge in [0.05, 0.1) is 12.1 Å². The van der Waals surface area contributed by atoms with Gasteiger partial charge in [0.15, 0.2) is 0 Å². The second-order valence-electron chi connectivity index (χ2n) is 5.73. The largest absolute Gasteiger partial charge is 0.416 e. The summed E-state index contributed by atoms with van der Waals surface area (Å²) in [6, 6.07) is 4.13. The molecule has 1 atom stereocenters. The topological polar surface area (TPSA) is 61.4 Å². The van der Waals surface area contributed by atoms with Gasteiger partial charge in [0.1, 0.15) is 0 Å². The maximum atomic E-state index is 12.5. The highest BCUT2D eigenvalue weighted by atomic mass is 19.4. The molecule has 0 radical (unpaired) electrons. The fourth-order valence-corrected chi connectivity index (χ4v) is 2.62. The Morgan fingerprint density at radius 1 is 1.25 bits per heavy atom. The monoisotopic (exact) mass is 343 g/mol. The molecule has 2 rings (SSSR count). The summed E-state index contributed by atoms with van der Waals surface area (Å²) in [5.74, 6) is -0.769. The van der Waals surface area contributed by atoms with E-state index in [1.165, 1.54) is 0 Å². The number of likely N-dealkylation sites (tertiary alicyclic amines) is 1.